The van der Waals surface area contributed by atoms with Crippen LogP contribution in [0.4, 0.5) is 0 Å². The number of carbonyl (C=O) groups excluding carboxylic acids is 1. The minimum absolute atomic E-state index is 0.0514. The summed E-state index contributed by atoms with van der Waals surface area (Å²) in [6.45, 7) is 2.25. The fraction of sp³-hybridized carbons (Fsp3) is 0.583. The van der Waals surface area contributed by atoms with Crippen molar-refractivity contribution < 1.29 is 14.3 Å². The van der Waals surface area contributed by atoms with Gasteiger partial charge in [-0.2, -0.15) is 0 Å². The number of carbonyl (C=O) groups is 1. The van der Waals surface area contributed by atoms with Gasteiger partial charge in [-0.05, 0) is 18.6 Å². The summed E-state index contributed by atoms with van der Waals surface area (Å²) >= 11 is 0. The van der Waals surface area contributed by atoms with Crippen LogP contribution in [0, 0.1) is 0 Å². The first-order chi connectivity index (χ1) is 8.15. The Bertz CT molecular complexity index is 364. The lowest BCUT2D eigenvalue weighted by molar-refractivity contribution is -0.131. The summed E-state index contributed by atoms with van der Waals surface area (Å²) in [6.07, 6.45) is 2.08. The quantitative estimate of drug-likeness (QED) is 0.820. The van der Waals surface area contributed by atoms with Crippen LogP contribution < -0.4 is 0 Å². The number of β-amino-alcohol motifs (C(OH)–C–C–N with tert-alkyl or cyclic N) is 1. The summed E-state index contributed by atoms with van der Waals surface area (Å²) in [7, 11) is 1.76. The summed E-state index contributed by atoms with van der Waals surface area (Å²) in [5, 5.41) is 9.38. The van der Waals surface area contributed by atoms with E-state index in [1.807, 2.05) is 17.0 Å². The molecule has 1 aliphatic heterocycles. The molecule has 0 aromatic carbocycles. The number of hydrogen-bond donors (Lipinski definition) is 1. The summed E-state index contributed by atoms with van der Waals surface area (Å²) in [5.41, 5.74) is 0. The second-order valence-electron chi connectivity index (χ2n) is 4.51. The molecular weight excluding hydrogens is 220 g/mol. The number of nitrogens with zero attached hydrogens (tertiary/aromatic N) is 2. The van der Waals surface area contributed by atoms with Gasteiger partial charge in [0.05, 0.1) is 25.5 Å². The Hall–Kier alpha value is -1.33. The van der Waals surface area contributed by atoms with Crippen molar-refractivity contribution in [2.45, 2.75) is 19.1 Å². The molecule has 5 heteroatoms. The van der Waals surface area contributed by atoms with Gasteiger partial charge in [0.15, 0.2) is 0 Å². The van der Waals surface area contributed by atoms with Crippen LogP contribution in [0.15, 0.2) is 22.8 Å². The lowest BCUT2D eigenvalue weighted by atomic mass is 10.3. The van der Waals surface area contributed by atoms with Crippen LogP contribution in [0.2, 0.25) is 0 Å². The molecule has 0 saturated carbocycles. The third kappa shape index (κ3) is 3.31. The average Bonchev–Trinajstić information content (AvgIpc) is 2.90. The maximum Gasteiger partial charge on any atom is 0.236 e. The van der Waals surface area contributed by atoms with Gasteiger partial charge in [0.25, 0.3) is 0 Å². The summed E-state index contributed by atoms with van der Waals surface area (Å²) in [5.74, 6) is 0.831. The van der Waals surface area contributed by atoms with Crippen molar-refractivity contribution in [1.29, 1.82) is 0 Å². The van der Waals surface area contributed by atoms with Crippen molar-refractivity contribution in [3.8, 4) is 0 Å². The molecule has 1 saturated heterocycles. The van der Waals surface area contributed by atoms with E-state index in [9.17, 15) is 9.90 Å². The Kier molecular flexibility index (Phi) is 3.81. The van der Waals surface area contributed by atoms with E-state index < -0.39 is 0 Å². The third-order valence-corrected chi connectivity index (χ3v) is 3.01. The zero-order valence-corrected chi connectivity index (χ0v) is 10.0. The first-order valence-electron chi connectivity index (χ1n) is 5.82. The van der Waals surface area contributed by atoms with Crippen LogP contribution in [-0.2, 0) is 11.3 Å². The van der Waals surface area contributed by atoms with Crippen molar-refractivity contribution in [2.24, 2.45) is 0 Å². The SMILES string of the molecule is CN(Cc1ccco1)C(=O)CN1CCC(O)C1. The number of likely N-dealkylation sites (tertiary alicyclic amines) is 1. The Balaban J connectivity index is 1.79. The molecular formula is C12H18N2O3. The Morgan fingerprint density at radius 3 is 3.12 bits per heavy atom. The fourth-order valence-corrected chi connectivity index (χ4v) is 1.99. The molecule has 1 N–H and O–H groups in total. The minimum atomic E-state index is -0.279. The summed E-state index contributed by atoms with van der Waals surface area (Å²) in [4.78, 5) is 15.5. The standard InChI is InChI=1S/C12H18N2O3/c1-13(8-11-3-2-6-17-11)12(16)9-14-5-4-10(15)7-14/h2-3,6,10,15H,4-5,7-9H2,1H3. The number of likely N-dealkylation sites (N-methyl/N-ethyl adjacent to an activating group) is 1. The van der Waals surface area contributed by atoms with Crippen molar-refractivity contribution in [2.75, 3.05) is 26.7 Å². The van der Waals surface area contributed by atoms with Crippen LogP contribution in [0.5, 0.6) is 0 Å². The van der Waals surface area contributed by atoms with Gasteiger partial charge in [0.2, 0.25) is 5.91 Å². The number of rotatable bonds is 4. The van der Waals surface area contributed by atoms with E-state index in [2.05, 4.69) is 0 Å². The van der Waals surface area contributed by atoms with Gasteiger partial charge in [0, 0.05) is 20.1 Å². The van der Waals surface area contributed by atoms with Gasteiger partial charge in [0.1, 0.15) is 5.76 Å². The highest BCUT2D eigenvalue weighted by atomic mass is 16.3. The lowest BCUT2D eigenvalue weighted by Gasteiger charge is -2.20. The zero-order chi connectivity index (χ0) is 12.3. The van der Waals surface area contributed by atoms with Gasteiger partial charge >= 0.3 is 0 Å². The van der Waals surface area contributed by atoms with Crippen molar-refractivity contribution >= 4 is 5.91 Å². The number of amides is 1. The Morgan fingerprint density at radius 2 is 2.53 bits per heavy atom. The number of hydrogen-bond acceptors (Lipinski definition) is 4. The normalized spacial score (nSPS) is 20.7. The Morgan fingerprint density at radius 1 is 1.71 bits per heavy atom. The molecule has 2 heterocycles. The van der Waals surface area contributed by atoms with Gasteiger partial charge in [-0.3, -0.25) is 9.69 Å². The summed E-state index contributed by atoms with van der Waals surface area (Å²) < 4.78 is 5.19. The van der Waals surface area contributed by atoms with Gasteiger partial charge in [-0.1, -0.05) is 0 Å². The largest absolute Gasteiger partial charge is 0.467 e. The predicted molar refractivity (Wildman–Crippen MR) is 62.2 cm³/mol. The Labute approximate surface area is 101 Å². The van der Waals surface area contributed by atoms with Crippen LogP contribution in [0.25, 0.3) is 0 Å². The van der Waals surface area contributed by atoms with E-state index >= 15 is 0 Å². The van der Waals surface area contributed by atoms with Gasteiger partial charge < -0.3 is 14.4 Å². The second-order valence-corrected chi connectivity index (χ2v) is 4.51. The second kappa shape index (κ2) is 5.33. The smallest absolute Gasteiger partial charge is 0.236 e. The molecule has 0 aliphatic carbocycles. The molecule has 0 radical (unpaired) electrons. The number of aliphatic hydroxyl groups excluding tert-OH is 1. The minimum Gasteiger partial charge on any atom is -0.467 e. The highest BCUT2D eigenvalue weighted by molar-refractivity contribution is 5.77. The van der Waals surface area contributed by atoms with Crippen LogP contribution in [0.1, 0.15) is 12.2 Å². The van der Waals surface area contributed by atoms with Gasteiger partial charge in [-0.25, -0.2) is 0 Å². The third-order valence-electron chi connectivity index (χ3n) is 3.01. The molecule has 2 rings (SSSR count). The molecule has 1 aromatic heterocycles. The van der Waals surface area contributed by atoms with E-state index in [0.29, 0.717) is 19.6 Å². The molecule has 1 aliphatic rings. The monoisotopic (exact) mass is 238 g/mol. The van der Waals surface area contributed by atoms with E-state index in [4.69, 9.17) is 4.42 Å². The van der Waals surface area contributed by atoms with Crippen molar-refractivity contribution in [1.82, 2.24) is 9.80 Å². The molecule has 1 aromatic rings. The first kappa shape index (κ1) is 12.1. The van der Waals surface area contributed by atoms with E-state index in [0.717, 1.165) is 18.7 Å². The molecule has 1 fully saturated rings. The predicted octanol–water partition coefficient (Wildman–Crippen LogP) is 0.305. The maximum absolute atomic E-state index is 11.9. The molecule has 17 heavy (non-hydrogen) atoms. The molecule has 1 atom stereocenters. The van der Waals surface area contributed by atoms with E-state index in [-0.39, 0.29) is 12.0 Å². The molecule has 0 bridgehead atoms. The first-order valence-corrected chi connectivity index (χ1v) is 5.82. The molecule has 0 spiro atoms. The summed E-state index contributed by atoms with van der Waals surface area (Å²) in [6, 6.07) is 3.66. The highest BCUT2D eigenvalue weighted by Crippen LogP contribution is 2.09. The average molecular weight is 238 g/mol. The van der Waals surface area contributed by atoms with Gasteiger partial charge in [-0.15, -0.1) is 0 Å². The van der Waals surface area contributed by atoms with Crippen molar-refractivity contribution in [3.05, 3.63) is 24.2 Å². The molecule has 94 valence electrons. The molecule has 1 unspecified atom stereocenters. The fourth-order valence-electron chi connectivity index (χ4n) is 1.99. The maximum atomic E-state index is 11.9. The van der Waals surface area contributed by atoms with Crippen LogP contribution in [-0.4, -0.2) is 53.6 Å². The number of furan rings is 1. The lowest BCUT2D eigenvalue weighted by Crippen LogP contribution is -2.37. The molecule has 5 nitrogen and oxygen atoms in total. The van der Waals surface area contributed by atoms with Crippen LogP contribution >= 0.6 is 0 Å². The van der Waals surface area contributed by atoms with E-state index in [1.165, 1.54) is 0 Å². The molecule has 1 amide bonds. The topological polar surface area (TPSA) is 56.9 Å². The highest BCUT2D eigenvalue weighted by Gasteiger charge is 2.23. The number of aliphatic hydroxyl groups is 1. The van der Waals surface area contributed by atoms with E-state index in [1.54, 1.807) is 18.2 Å². The van der Waals surface area contributed by atoms with Crippen LogP contribution in [0.3, 0.4) is 0 Å². The van der Waals surface area contributed by atoms with Crippen molar-refractivity contribution in [3.63, 3.8) is 0 Å². The zero-order valence-electron chi connectivity index (χ0n) is 10.0.